The number of aryl methyl sites for hydroxylation is 1. The van der Waals surface area contributed by atoms with Gasteiger partial charge in [0.05, 0.1) is 4.92 Å². The van der Waals surface area contributed by atoms with E-state index >= 15 is 0 Å². The van der Waals surface area contributed by atoms with Crippen LogP contribution in [0.15, 0.2) is 24.3 Å². The van der Waals surface area contributed by atoms with Crippen molar-refractivity contribution in [1.82, 2.24) is 0 Å². The Balaban J connectivity index is 2.49. The maximum absolute atomic E-state index is 10.8. The maximum Gasteiger partial charge on any atom is 0.272 e. The fourth-order valence-corrected chi connectivity index (χ4v) is 2.24. The molecule has 94 valence electrons. The number of alkyl halides is 1. The highest BCUT2D eigenvalue weighted by Crippen LogP contribution is 2.21. The summed E-state index contributed by atoms with van der Waals surface area (Å²) in [7, 11) is 0. The molecule has 1 aromatic carbocycles. The van der Waals surface area contributed by atoms with Gasteiger partial charge in [-0.3, -0.25) is 10.1 Å². The summed E-state index contributed by atoms with van der Waals surface area (Å²) in [6.45, 7) is 2.11. The van der Waals surface area contributed by atoms with Gasteiger partial charge in [0.2, 0.25) is 0 Å². The summed E-state index contributed by atoms with van der Waals surface area (Å²) in [5, 5.41) is 11.0. The topological polar surface area (TPSA) is 43.1 Å². The third-order valence-electron chi connectivity index (χ3n) is 2.75. The summed E-state index contributed by atoms with van der Waals surface area (Å²) >= 11 is 6.12. The van der Waals surface area contributed by atoms with Gasteiger partial charge in [0.15, 0.2) is 0 Å². The van der Waals surface area contributed by atoms with E-state index in [1.165, 1.54) is 0 Å². The highest BCUT2D eigenvalue weighted by molar-refractivity contribution is 6.20. The van der Waals surface area contributed by atoms with Crippen molar-refractivity contribution in [3.8, 4) is 0 Å². The molecular formula is C13H18ClNO2. The van der Waals surface area contributed by atoms with Gasteiger partial charge in [-0.05, 0) is 25.7 Å². The van der Waals surface area contributed by atoms with Crippen LogP contribution in [0.4, 0.5) is 5.69 Å². The van der Waals surface area contributed by atoms with Crippen LogP contribution in [0, 0.1) is 10.1 Å². The summed E-state index contributed by atoms with van der Waals surface area (Å²) in [6, 6.07) is 6.91. The maximum atomic E-state index is 10.8. The van der Waals surface area contributed by atoms with Gasteiger partial charge in [0.1, 0.15) is 0 Å². The lowest BCUT2D eigenvalue weighted by Gasteiger charge is -2.07. The third kappa shape index (κ3) is 4.73. The van der Waals surface area contributed by atoms with Crippen LogP contribution >= 0.6 is 11.6 Å². The Bertz CT molecular complexity index is 368. The number of benzene rings is 1. The Morgan fingerprint density at radius 1 is 1.35 bits per heavy atom. The van der Waals surface area contributed by atoms with Crippen molar-refractivity contribution in [2.24, 2.45) is 0 Å². The highest BCUT2D eigenvalue weighted by Gasteiger charge is 2.12. The molecular weight excluding hydrogens is 238 g/mol. The average molecular weight is 256 g/mol. The molecule has 0 aliphatic rings. The largest absolute Gasteiger partial charge is 0.272 e. The molecule has 1 atom stereocenters. The average Bonchev–Trinajstić information content (AvgIpc) is 2.30. The van der Waals surface area contributed by atoms with E-state index in [0.29, 0.717) is 0 Å². The first-order valence-corrected chi connectivity index (χ1v) is 6.45. The lowest BCUT2D eigenvalue weighted by Crippen LogP contribution is -2.00. The van der Waals surface area contributed by atoms with Crippen LogP contribution in [0.2, 0.25) is 0 Å². The minimum Gasteiger partial charge on any atom is -0.258 e. The fraction of sp³-hybridized carbons (Fsp3) is 0.538. The molecule has 0 N–H and O–H groups in total. The quantitative estimate of drug-likeness (QED) is 0.414. The minimum absolute atomic E-state index is 0.197. The Labute approximate surface area is 107 Å². The van der Waals surface area contributed by atoms with E-state index in [9.17, 15) is 10.1 Å². The zero-order valence-electron chi connectivity index (χ0n) is 10.1. The molecule has 0 spiro atoms. The van der Waals surface area contributed by atoms with Crippen molar-refractivity contribution < 1.29 is 4.92 Å². The second kappa shape index (κ2) is 7.28. The van der Waals surface area contributed by atoms with Crippen molar-refractivity contribution >= 4 is 17.3 Å². The summed E-state index contributed by atoms with van der Waals surface area (Å²) < 4.78 is 0. The molecule has 0 radical (unpaired) electrons. The molecule has 0 aliphatic heterocycles. The molecule has 0 bridgehead atoms. The molecule has 17 heavy (non-hydrogen) atoms. The number of halogens is 1. The predicted octanol–water partition coefficient (Wildman–Crippen LogP) is 4.33. The number of hydrogen-bond donors (Lipinski definition) is 0. The van der Waals surface area contributed by atoms with Crippen LogP contribution in [-0.2, 0) is 6.42 Å². The number of nitro groups is 1. The smallest absolute Gasteiger partial charge is 0.258 e. The molecule has 0 amide bonds. The van der Waals surface area contributed by atoms with Gasteiger partial charge in [-0.2, -0.15) is 0 Å². The van der Waals surface area contributed by atoms with Crippen LogP contribution in [0.3, 0.4) is 0 Å². The molecule has 0 fully saturated rings. The SMILES string of the molecule is CCCC(Cl)CCCc1ccccc1[N+](=O)[O-]. The van der Waals surface area contributed by atoms with Crippen LogP contribution in [0.5, 0.6) is 0 Å². The summed E-state index contributed by atoms with van der Waals surface area (Å²) in [6.07, 6.45) is 4.64. The molecule has 0 aromatic heterocycles. The van der Waals surface area contributed by atoms with Gasteiger partial charge in [-0.15, -0.1) is 11.6 Å². The van der Waals surface area contributed by atoms with E-state index in [4.69, 9.17) is 11.6 Å². The summed E-state index contributed by atoms with van der Waals surface area (Å²) in [5.74, 6) is 0. The predicted molar refractivity (Wildman–Crippen MR) is 70.6 cm³/mol. The number of hydrogen-bond acceptors (Lipinski definition) is 2. The summed E-state index contributed by atoms with van der Waals surface area (Å²) in [5.41, 5.74) is 1.02. The third-order valence-corrected chi connectivity index (χ3v) is 3.19. The van der Waals surface area contributed by atoms with E-state index in [1.54, 1.807) is 12.1 Å². The van der Waals surface area contributed by atoms with E-state index in [2.05, 4.69) is 6.92 Å². The van der Waals surface area contributed by atoms with Gasteiger partial charge < -0.3 is 0 Å². The first kappa shape index (κ1) is 14.0. The van der Waals surface area contributed by atoms with E-state index in [0.717, 1.165) is 37.7 Å². The molecule has 1 rings (SSSR count). The van der Waals surface area contributed by atoms with Crippen LogP contribution in [-0.4, -0.2) is 10.3 Å². The summed E-state index contributed by atoms with van der Waals surface area (Å²) in [4.78, 5) is 10.5. The number of rotatable bonds is 7. The van der Waals surface area contributed by atoms with Crippen molar-refractivity contribution in [2.75, 3.05) is 0 Å². The molecule has 0 heterocycles. The Morgan fingerprint density at radius 2 is 2.06 bits per heavy atom. The first-order valence-electron chi connectivity index (χ1n) is 6.01. The molecule has 1 aromatic rings. The number of nitro benzene ring substituents is 1. The second-order valence-electron chi connectivity index (χ2n) is 4.16. The molecule has 3 nitrogen and oxygen atoms in total. The fourth-order valence-electron chi connectivity index (χ4n) is 1.87. The van der Waals surface area contributed by atoms with Crippen molar-refractivity contribution in [3.05, 3.63) is 39.9 Å². The lowest BCUT2D eigenvalue weighted by molar-refractivity contribution is -0.385. The van der Waals surface area contributed by atoms with Gasteiger partial charge >= 0.3 is 0 Å². The Morgan fingerprint density at radius 3 is 2.71 bits per heavy atom. The Hall–Kier alpha value is -1.09. The standard InChI is InChI=1S/C13H18ClNO2/c1-2-6-12(14)9-5-8-11-7-3-4-10-13(11)15(16)17/h3-4,7,10,12H,2,5-6,8-9H2,1H3. The van der Waals surface area contributed by atoms with Crippen LogP contribution in [0.25, 0.3) is 0 Å². The zero-order chi connectivity index (χ0) is 12.7. The second-order valence-corrected chi connectivity index (χ2v) is 4.78. The molecule has 0 saturated carbocycles. The molecule has 0 saturated heterocycles. The molecule has 0 aliphatic carbocycles. The van der Waals surface area contributed by atoms with Crippen LogP contribution in [0.1, 0.15) is 38.2 Å². The lowest BCUT2D eigenvalue weighted by atomic mass is 10.0. The number of nitrogens with zero attached hydrogens (tertiary/aromatic N) is 1. The number of para-hydroxylation sites is 1. The monoisotopic (exact) mass is 255 g/mol. The molecule has 4 heteroatoms. The Kier molecular flexibility index (Phi) is 5.98. The van der Waals surface area contributed by atoms with E-state index in [-0.39, 0.29) is 16.0 Å². The normalized spacial score (nSPS) is 12.4. The van der Waals surface area contributed by atoms with Crippen molar-refractivity contribution in [2.45, 2.75) is 44.4 Å². The van der Waals surface area contributed by atoms with Gasteiger partial charge in [0, 0.05) is 17.0 Å². The highest BCUT2D eigenvalue weighted by atomic mass is 35.5. The molecule has 1 unspecified atom stereocenters. The van der Waals surface area contributed by atoms with E-state index < -0.39 is 0 Å². The zero-order valence-corrected chi connectivity index (χ0v) is 10.8. The van der Waals surface area contributed by atoms with Gasteiger partial charge in [-0.25, -0.2) is 0 Å². The van der Waals surface area contributed by atoms with Crippen LogP contribution < -0.4 is 0 Å². The van der Waals surface area contributed by atoms with Crippen molar-refractivity contribution in [1.29, 1.82) is 0 Å². The minimum atomic E-state index is -0.320. The van der Waals surface area contributed by atoms with Gasteiger partial charge in [0.25, 0.3) is 5.69 Å². The van der Waals surface area contributed by atoms with E-state index in [1.807, 2.05) is 12.1 Å². The van der Waals surface area contributed by atoms with Crippen molar-refractivity contribution in [3.63, 3.8) is 0 Å². The first-order chi connectivity index (χ1) is 8.15. The van der Waals surface area contributed by atoms with Gasteiger partial charge in [-0.1, -0.05) is 31.5 Å².